The van der Waals surface area contributed by atoms with Crippen molar-refractivity contribution in [1.29, 1.82) is 0 Å². The number of benzene rings is 1. The third kappa shape index (κ3) is 4.29. The van der Waals surface area contributed by atoms with E-state index in [0.29, 0.717) is 25.5 Å². The van der Waals surface area contributed by atoms with Crippen LogP contribution in [0.2, 0.25) is 0 Å². The zero-order chi connectivity index (χ0) is 22.8. The van der Waals surface area contributed by atoms with Crippen molar-refractivity contribution in [1.82, 2.24) is 9.88 Å². The first kappa shape index (κ1) is 21.8. The van der Waals surface area contributed by atoms with E-state index < -0.39 is 0 Å². The van der Waals surface area contributed by atoms with Gasteiger partial charge in [-0.3, -0.25) is 9.79 Å². The molecule has 2 aromatic rings. The van der Waals surface area contributed by atoms with Crippen LogP contribution in [0, 0.1) is 5.92 Å². The highest BCUT2D eigenvalue weighted by molar-refractivity contribution is 6.01. The number of aromatic amines is 1. The van der Waals surface area contributed by atoms with Crippen LogP contribution in [-0.4, -0.2) is 60.8 Å². The summed E-state index contributed by atoms with van der Waals surface area (Å²) in [5.41, 5.74) is 14.9. The number of carbonyl (C=O) groups excluding carboxylic acids is 1. The largest absolute Gasteiger partial charge is 0.489 e. The van der Waals surface area contributed by atoms with Crippen molar-refractivity contribution >= 4 is 23.7 Å². The van der Waals surface area contributed by atoms with E-state index in [4.69, 9.17) is 16.2 Å². The van der Waals surface area contributed by atoms with E-state index in [9.17, 15) is 4.79 Å². The van der Waals surface area contributed by atoms with Gasteiger partial charge in [-0.25, -0.2) is 14.5 Å². The number of amides is 1. The summed E-state index contributed by atoms with van der Waals surface area (Å²) in [6.45, 7) is 6.57. The van der Waals surface area contributed by atoms with Crippen molar-refractivity contribution in [3.05, 3.63) is 41.7 Å². The molecule has 168 valence electrons. The maximum absolute atomic E-state index is 12.1. The van der Waals surface area contributed by atoms with E-state index in [0.717, 1.165) is 40.5 Å². The lowest BCUT2D eigenvalue weighted by Crippen LogP contribution is -2.38. The number of ether oxygens (including phenoxy) is 1. The van der Waals surface area contributed by atoms with Crippen molar-refractivity contribution < 1.29 is 14.1 Å². The van der Waals surface area contributed by atoms with E-state index in [-0.39, 0.29) is 17.9 Å². The van der Waals surface area contributed by atoms with Gasteiger partial charge in [-0.05, 0) is 44.2 Å². The Morgan fingerprint density at radius 2 is 2.22 bits per heavy atom. The molecule has 9 nitrogen and oxygen atoms in total. The monoisotopic (exact) mass is 436 g/mol. The minimum atomic E-state index is -0.344. The van der Waals surface area contributed by atoms with Gasteiger partial charge in [-0.2, -0.15) is 0 Å². The number of H-pyrrole nitrogens is 1. The maximum Gasteiger partial charge on any atom is 0.291 e. The molecule has 2 aliphatic rings. The van der Waals surface area contributed by atoms with Gasteiger partial charge >= 0.3 is 0 Å². The molecule has 5 N–H and O–H groups in total. The average molecular weight is 437 g/mol. The molecule has 4 rings (SSSR count). The number of aromatic nitrogens is 2. The molecule has 9 heteroatoms. The number of aliphatic imine (C=N–C) groups is 2. The van der Waals surface area contributed by atoms with Gasteiger partial charge in [0.15, 0.2) is 0 Å². The standard InChI is InChI=1S/C23H29N7O2/c1-14(2)27-22(26-13-24)19-12-30-8-9-32-20-10-15(4-5-17(20)23(30)28-19)16-6-7-29(3)11-18(16)21(25)31/h4-6,10,12-14,18H,7-9,11H2,1-3H3,(H4,24,25,26,27,31)/p+1. The van der Waals surface area contributed by atoms with Crippen LogP contribution in [0.3, 0.4) is 0 Å². The number of amidine groups is 1. The Kier molecular flexibility index (Phi) is 6.09. The predicted octanol–water partition coefficient (Wildman–Crippen LogP) is 0.934. The lowest BCUT2D eigenvalue weighted by atomic mass is 9.88. The molecule has 0 saturated heterocycles. The molecular formula is C23H30N7O2+. The van der Waals surface area contributed by atoms with E-state index in [2.05, 4.69) is 30.5 Å². The number of hydrogen-bond donors (Lipinski definition) is 3. The van der Waals surface area contributed by atoms with Crippen LogP contribution in [0.1, 0.15) is 25.1 Å². The second-order valence-corrected chi connectivity index (χ2v) is 8.43. The number of nitrogens with one attached hydrogen (secondary N) is 1. The highest BCUT2D eigenvalue weighted by Gasteiger charge is 2.30. The van der Waals surface area contributed by atoms with Gasteiger partial charge in [0, 0.05) is 19.1 Å². The summed E-state index contributed by atoms with van der Waals surface area (Å²) in [6.07, 6.45) is 5.31. The fourth-order valence-corrected chi connectivity index (χ4v) is 4.17. The lowest BCUT2D eigenvalue weighted by Gasteiger charge is -2.29. The lowest BCUT2D eigenvalue weighted by molar-refractivity contribution is -0.684. The predicted molar refractivity (Wildman–Crippen MR) is 124 cm³/mol. The molecule has 0 aliphatic carbocycles. The molecule has 2 aliphatic heterocycles. The number of carbonyl (C=O) groups is 1. The Morgan fingerprint density at radius 1 is 1.41 bits per heavy atom. The third-order valence-corrected chi connectivity index (χ3v) is 5.64. The van der Waals surface area contributed by atoms with E-state index in [1.807, 2.05) is 45.3 Å². The first-order valence-corrected chi connectivity index (χ1v) is 10.8. The first-order valence-electron chi connectivity index (χ1n) is 10.8. The Labute approximate surface area is 187 Å². The number of imidazole rings is 1. The summed E-state index contributed by atoms with van der Waals surface area (Å²) in [5.74, 6) is 1.57. The molecule has 0 spiro atoms. The number of hydrogen-bond acceptors (Lipinski definition) is 4. The van der Waals surface area contributed by atoms with Gasteiger partial charge in [0.25, 0.3) is 5.82 Å². The van der Waals surface area contributed by atoms with Crippen molar-refractivity contribution in [3.63, 3.8) is 0 Å². The Bertz CT molecular complexity index is 1110. The second-order valence-electron chi connectivity index (χ2n) is 8.43. The topological polar surface area (TPSA) is 126 Å². The van der Waals surface area contributed by atoms with Gasteiger partial charge in [-0.1, -0.05) is 12.1 Å². The van der Waals surface area contributed by atoms with Crippen molar-refractivity contribution in [2.75, 3.05) is 26.7 Å². The number of nitrogens with two attached hydrogens (primary N) is 2. The van der Waals surface area contributed by atoms with Crippen LogP contribution in [0.15, 0.2) is 40.5 Å². The van der Waals surface area contributed by atoms with Gasteiger partial charge in [-0.15, -0.1) is 0 Å². The van der Waals surface area contributed by atoms with E-state index in [1.165, 1.54) is 6.34 Å². The quantitative estimate of drug-likeness (QED) is 0.374. The molecule has 1 atom stereocenters. The van der Waals surface area contributed by atoms with Crippen molar-refractivity contribution in [3.8, 4) is 17.1 Å². The van der Waals surface area contributed by atoms with Crippen molar-refractivity contribution in [2.24, 2.45) is 27.4 Å². The maximum atomic E-state index is 12.1. The summed E-state index contributed by atoms with van der Waals surface area (Å²) in [4.78, 5) is 26.4. The molecule has 0 saturated carbocycles. The van der Waals surface area contributed by atoms with Crippen LogP contribution in [-0.2, 0) is 11.3 Å². The smallest absolute Gasteiger partial charge is 0.291 e. The Hall–Kier alpha value is -3.46. The molecule has 3 heterocycles. The van der Waals surface area contributed by atoms with Crippen LogP contribution in [0.25, 0.3) is 17.0 Å². The van der Waals surface area contributed by atoms with Crippen LogP contribution in [0.5, 0.6) is 5.75 Å². The summed E-state index contributed by atoms with van der Waals surface area (Å²) in [5, 5.41) is 0. The van der Waals surface area contributed by atoms with E-state index >= 15 is 0 Å². The normalized spacial score (nSPS) is 19.3. The van der Waals surface area contributed by atoms with Gasteiger partial charge in [0.2, 0.25) is 17.4 Å². The van der Waals surface area contributed by atoms with E-state index in [1.54, 1.807) is 0 Å². The summed E-state index contributed by atoms with van der Waals surface area (Å²) in [7, 11) is 1.98. The molecule has 32 heavy (non-hydrogen) atoms. The van der Waals surface area contributed by atoms with Gasteiger partial charge in [0.1, 0.15) is 30.7 Å². The van der Waals surface area contributed by atoms with Crippen LogP contribution >= 0.6 is 0 Å². The van der Waals surface area contributed by atoms with Gasteiger partial charge in [0.05, 0.1) is 12.3 Å². The van der Waals surface area contributed by atoms with Crippen LogP contribution in [0.4, 0.5) is 0 Å². The number of likely N-dealkylation sites (N-methyl/N-ethyl adjacent to an activating group) is 1. The SMILES string of the molecule is CC(C)N=C(N=CN)c1c[n+]2c([nH]1)-c1ccc(C3=CCN(C)CC3C(N)=O)cc1OCC2. The molecule has 1 unspecified atom stereocenters. The minimum Gasteiger partial charge on any atom is -0.489 e. The van der Waals surface area contributed by atoms with Crippen molar-refractivity contribution in [2.45, 2.75) is 26.4 Å². The third-order valence-electron chi connectivity index (χ3n) is 5.64. The molecule has 1 aromatic heterocycles. The minimum absolute atomic E-state index is 0.0843. The zero-order valence-electron chi connectivity index (χ0n) is 18.7. The summed E-state index contributed by atoms with van der Waals surface area (Å²) < 4.78 is 8.18. The fraction of sp³-hybridized carbons (Fsp3) is 0.391. The molecule has 0 bridgehead atoms. The highest BCUT2D eigenvalue weighted by atomic mass is 16.5. The molecule has 0 fully saturated rings. The Morgan fingerprint density at radius 3 is 2.94 bits per heavy atom. The summed E-state index contributed by atoms with van der Waals surface area (Å²) >= 11 is 0. The second kappa shape index (κ2) is 8.96. The van der Waals surface area contributed by atoms with Crippen LogP contribution < -0.4 is 20.8 Å². The van der Waals surface area contributed by atoms with Gasteiger partial charge < -0.3 is 21.1 Å². The number of rotatable bonds is 4. The first-order chi connectivity index (χ1) is 15.4. The molecule has 0 radical (unpaired) electrons. The fourth-order valence-electron chi connectivity index (χ4n) is 4.17. The zero-order valence-corrected chi connectivity index (χ0v) is 18.7. The summed E-state index contributed by atoms with van der Waals surface area (Å²) in [6, 6.07) is 6.12. The molecule has 1 aromatic carbocycles. The number of primary amides is 1. The Balaban J connectivity index is 1.75. The number of nitrogens with zero attached hydrogens (tertiary/aromatic N) is 4. The number of fused-ring (bicyclic) bond motifs is 3. The average Bonchev–Trinajstić information content (AvgIpc) is 3.09. The highest BCUT2D eigenvalue weighted by Crippen LogP contribution is 2.35. The molecular weight excluding hydrogens is 406 g/mol. The molecule has 1 amide bonds.